The predicted octanol–water partition coefficient (Wildman–Crippen LogP) is 2.66. The van der Waals surface area contributed by atoms with Crippen LogP contribution in [0.1, 0.15) is 12.5 Å². The number of halogens is 1. The second-order valence-corrected chi connectivity index (χ2v) is 4.26. The van der Waals surface area contributed by atoms with Crippen molar-refractivity contribution in [2.45, 2.75) is 13.3 Å². The van der Waals surface area contributed by atoms with Crippen LogP contribution in [0.15, 0.2) is 9.85 Å². The molecule has 0 unspecified atom stereocenters. The zero-order valence-electron chi connectivity index (χ0n) is 5.15. The van der Waals surface area contributed by atoms with Gasteiger partial charge >= 0.3 is 0 Å². The van der Waals surface area contributed by atoms with Gasteiger partial charge in [-0.1, -0.05) is 6.92 Å². The minimum Gasteiger partial charge on any atom is -0.390 e. The van der Waals surface area contributed by atoms with Crippen LogP contribution < -0.4 is 5.73 Å². The van der Waals surface area contributed by atoms with E-state index in [2.05, 4.69) is 28.9 Å². The Kier molecular flexibility index (Phi) is 2.13. The summed E-state index contributed by atoms with van der Waals surface area (Å²) in [7, 11) is 0. The molecule has 0 aliphatic carbocycles. The molecule has 0 spiro atoms. The zero-order valence-corrected chi connectivity index (χ0v) is 7.55. The normalized spacial score (nSPS) is 10.0. The summed E-state index contributed by atoms with van der Waals surface area (Å²) in [4.78, 5) is 0. The van der Waals surface area contributed by atoms with Crippen LogP contribution in [0.3, 0.4) is 0 Å². The topological polar surface area (TPSA) is 26.0 Å². The Labute approximate surface area is 67.0 Å². The van der Waals surface area contributed by atoms with E-state index in [-0.39, 0.29) is 0 Å². The van der Waals surface area contributed by atoms with Gasteiger partial charge in [-0.25, -0.2) is 0 Å². The van der Waals surface area contributed by atoms with E-state index >= 15 is 0 Å². The molecule has 1 aromatic heterocycles. The number of rotatable bonds is 1. The molecule has 0 saturated carbocycles. The van der Waals surface area contributed by atoms with Crippen LogP contribution in [0, 0.1) is 0 Å². The van der Waals surface area contributed by atoms with Crippen molar-refractivity contribution in [2.75, 3.05) is 5.73 Å². The van der Waals surface area contributed by atoms with Gasteiger partial charge in [0, 0.05) is 0 Å². The molecule has 1 rings (SSSR count). The number of hydrogen-bond acceptors (Lipinski definition) is 2. The molecular weight excluding hydrogens is 198 g/mol. The molecule has 0 saturated heterocycles. The molecule has 2 N–H and O–H groups in total. The van der Waals surface area contributed by atoms with Crippen LogP contribution in [-0.2, 0) is 6.42 Å². The summed E-state index contributed by atoms with van der Waals surface area (Å²) in [6.07, 6.45) is 1.02. The van der Waals surface area contributed by atoms with Gasteiger partial charge in [-0.15, -0.1) is 11.3 Å². The predicted molar refractivity (Wildman–Crippen MR) is 45.8 cm³/mol. The maximum atomic E-state index is 5.64. The first-order valence-electron chi connectivity index (χ1n) is 2.77. The average molecular weight is 206 g/mol. The van der Waals surface area contributed by atoms with Gasteiger partial charge in [0.1, 0.15) is 0 Å². The fourth-order valence-electron chi connectivity index (χ4n) is 0.684. The van der Waals surface area contributed by atoms with E-state index in [0.29, 0.717) is 0 Å². The highest BCUT2D eigenvalue weighted by atomic mass is 79.9. The van der Waals surface area contributed by atoms with Crippen LogP contribution in [0.5, 0.6) is 0 Å². The molecule has 0 amide bonds. The first-order valence-corrected chi connectivity index (χ1v) is 4.38. The van der Waals surface area contributed by atoms with Crippen molar-refractivity contribution in [3.63, 3.8) is 0 Å². The Hall–Kier alpha value is -0.0200. The number of aryl methyl sites for hydroxylation is 1. The van der Waals surface area contributed by atoms with Gasteiger partial charge in [-0.2, -0.15) is 0 Å². The molecule has 0 atom stereocenters. The van der Waals surface area contributed by atoms with Crippen molar-refractivity contribution in [1.82, 2.24) is 0 Å². The first kappa shape index (κ1) is 7.09. The summed E-state index contributed by atoms with van der Waals surface area (Å²) in [6, 6.07) is 2.07. The Bertz CT molecular complexity index is 207. The highest BCUT2D eigenvalue weighted by Gasteiger charge is 1.99. The van der Waals surface area contributed by atoms with Gasteiger partial charge in [-0.05, 0) is 34.0 Å². The monoisotopic (exact) mass is 205 g/mol. The highest BCUT2D eigenvalue weighted by molar-refractivity contribution is 9.11. The van der Waals surface area contributed by atoms with Gasteiger partial charge in [0.2, 0.25) is 0 Å². The Morgan fingerprint density at radius 1 is 1.78 bits per heavy atom. The Balaban J connectivity index is 3.01. The van der Waals surface area contributed by atoms with Crippen molar-refractivity contribution in [3.8, 4) is 0 Å². The summed E-state index contributed by atoms with van der Waals surface area (Å²) < 4.78 is 1.12. The summed E-state index contributed by atoms with van der Waals surface area (Å²) in [5.74, 6) is 0. The summed E-state index contributed by atoms with van der Waals surface area (Å²) in [5.41, 5.74) is 6.88. The number of anilines is 1. The van der Waals surface area contributed by atoms with Crippen LogP contribution >= 0.6 is 27.3 Å². The van der Waals surface area contributed by atoms with E-state index in [9.17, 15) is 0 Å². The average Bonchev–Trinajstić information content (AvgIpc) is 2.10. The zero-order chi connectivity index (χ0) is 6.85. The molecule has 1 heterocycles. The fourth-order valence-corrected chi connectivity index (χ4v) is 2.23. The van der Waals surface area contributed by atoms with Gasteiger partial charge < -0.3 is 5.73 Å². The largest absolute Gasteiger partial charge is 0.390 e. The van der Waals surface area contributed by atoms with Crippen LogP contribution in [0.25, 0.3) is 0 Å². The van der Waals surface area contributed by atoms with E-state index in [0.717, 1.165) is 15.2 Å². The summed E-state index contributed by atoms with van der Waals surface area (Å²) in [5, 5.41) is 0.935. The van der Waals surface area contributed by atoms with Crippen molar-refractivity contribution < 1.29 is 0 Å². The molecule has 0 bridgehead atoms. The minimum absolute atomic E-state index is 0.935. The molecule has 0 aromatic carbocycles. The SMILES string of the molecule is CCc1cc(Br)sc1N. The lowest BCUT2D eigenvalue weighted by Crippen LogP contribution is -1.83. The molecule has 1 aromatic rings. The molecule has 0 aliphatic heterocycles. The fraction of sp³-hybridized carbons (Fsp3) is 0.333. The summed E-state index contributed by atoms with van der Waals surface area (Å²) in [6.45, 7) is 2.10. The minimum atomic E-state index is 0.935. The quantitative estimate of drug-likeness (QED) is 0.750. The van der Waals surface area contributed by atoms with Crippen molar-refractivity contribution in [1.29, 1.82) is 0 Å². The van der Waals surface area contributed by atoms with Crippen molar-refractivity contribution in [2.24, 2.45) is 0 Å². The third-order valence-electron chi connectivity index (χ3n) is 1.19. The smallest absolute Gasteiger partial charge is 0.0900 e. The molecule has 0 aliphatic rings. The molecule has 9 heavy (non-hydrogen) atoms. The van der Waals surface area contributed by atoms with E-state index in [1.807, 2.05) is 0 Å². The standard InChI is InChI=1S/C6H8BrNS/c1-2-4-3-5(7)9-6(4)8/h3H,2,8H2,1H3. The molecule has 3 heteroatoms. The number of nitrogens with two attached hydrogens (primary N) is 1. The lowest BCUT2D eigenvalue weighted by atomic mass is 10.2. The lowest BCUT2D eigenvalue weighted by molar-refractivity contribution is 1.16. The maximum absolute atomic E-state index is 5.64. The number of hydrogen-bond donors (Lipinski definition) is 1. The number of thiophene rings is 1. The highest BCUT2D eigenvalue weighted by Crippen LogP contribution is 2.29. The molecule has 0 radical (unpaired) electrons. The lowest BCUT2D eigenvalue weighted by Gasteiger charge is -1.87. The van der Waals surface area contributed by atoms with Gasteiger partial charge in [0.05, 0.1) is 8.79 Å². The van der Waals surface area contributed by atoms with Gasteiger partial charge in [-0.3, -0.25) is 0 Å². The third kappa shape index (κ3) is 1.46. The van der Waals surface area contributed by atoms with Gasteiger partial charge in [0.15, 0.2) is 0 Å². The van der Waals surface area contributed by atoms with E-state index in [4.69, 9.17) is 5.73 Å². The van der Waals surface area contributed by atoms with Crippen molar-refractivity contribution in [3.05, 3.63) is 15.4 Å². The van der Waals surface area contributed by atoms with Crippen LogP contribution in [0.4, 0.5) is 5.00 Å². The second kappa shape index (κ2) is 2.71. The maximum Gasteiger partial charge on any atom is 0.0900 e. The van der Waals surface area contributed by atoms with Crippen LogP contribution in [-0.4, -0.2) is 0 Å². The number of nitrogen functional groups attached to an aromatic ring is 1. The molecule has 0 fully saturated rings. The van der Waals surface area contributed by atoms with Crippen LogP contribution in [0.2, 0.25) is 0 Å². The van der Waals surface area contributed by atoms with Gasteiger partial charge in [0.25, 0.3) is 0 Å². The first-order chi connectivity index (χ1) is 4.24. The van der Waals surface area contributed by atoms with E-state index < -0.39 is 0 Å². The Morgan fingerprint density at radius 2 is 2.44 bits per heavy atom. The van der Waals surface area contributed by atoms with E-state index in [1.54, 1.807) is 11.3 Å². The molecule has 1 nitrogen and oxygen atoms in total. The molecular formula is C6H8BrNS. The third-order valence-corrected chi connectivity index (χ3v) is 2.70. The van der Waals surface area contributed by atoms with Crippen molar-refractivity contribution >= 4 is 32.3 Å². The summed E-state index contributed by atoms with van der Waals surface area (Å²) >= 11 is 4.95. The van der Waals surface area contributed by atoms with E-state index in [1.165, 1.54) is 5.56 Å². The Morgan fingerprint density at radius 3 is 2.67 bits per heavy atom. The second-order valence-electron chi connectivity index (χ2n) is 1.79. The molecule has 50 valence electrons.